The molecule has 1 atom stereocenters. The average molecular weight is 213 g/mol. The normalized spacial score (nSPS) is 23.0. The molecule has 90 valence electrons. The van der Waals surface area contributed by atoms with Crippen LogP contribution in [-0.4, -0.2) is 23.3 Å². The average Bonchev–Trinajstić information content (AvgIpc) is 2.15. The number of rotatable bonds is 5. The van der Waals surface area contributed by atoms with E-state index < -0.39 is 5.60 Å². The zero-order chi connectivity index (χ0) is 11.3. The van der Waals surface area contributed by atoms with Gasteiger partial charge in [-0.05, 0) is 32.1 Å². The quantitative estimate of drug-likeness (QED) is 0.736. The Kier molecular flexibility index (Phi) is 5.07. The molecule has 0 unspecified atom stereocenters. The van der Waals surface area contributed by atoms with Crippen molar-refractivity contribution in [2.75, 3.05) is 6.54 Å². The van der Waals surface area contributed by atoms with Crippen LogP contribution in [0.1, 0.15) is 59.3 Å². The third-order valence-electron chi connectivity index (χ3n) is 3.39. The fourth-order valence-electron chi connectivity index (χ4n) is 2.54. The van der Waals surface area contributed by atoms with Crippen molar-refractivity contribution in [1.82, 2.24) is 5.32 Å². The molecule has 0 aliphatic heterocycles. The van der Waals surface area contributed by atoms with Crippen LogP contribution in [0.25, 0.3) is 0 Å². The second kappa shape index (κ2) is 5.86. The van der Waals surface area contributed by atoms with E-state index in [0.717, 1.165) is 25.3 Å². The van der Waals surface area contributed by atoms with Crippen LogP contribution in [0.5, 0.6) is 0 Å². The Hall–Kier alpha value is -0.0800. The van der Waals surface area contributed by atoms with E-state index >= 15 is 0 Å². The van der Waals surface area contributed by atoms with Gasteiger partial charge >= 0.3 is 0 Å². The van der Waals surface area contributed by atoms with E-state index in [2.05, 4.69) is 26.1 Å². The zero-order valence-electron chi connectivity index (χ0n) is 10.6. The highest BCUT2D eigenvalue weighted by Crippen LogP contribution is 2.27. The summed E-state index contributed by atoms with van der Waals surface area (Å²) in [6.07, 6.45) is 6.83. The van der Waals surface area contributed by atoms with Gasteiger partial charge in [-0.3, -0.25) is 0 Å². The third-order valence-corrected chi connectivity index (χ3v) is 3.39. The molecule has 0 aromatic carbocycles. The van der Waals surface area contributed by atoms with E-state index in [4.69, 9.17) is 0 Å². The molecule has 0 radical (unpaired) electrons. The molecule has 1 saturated carbocycles. The van der Waals surface area contributed by atoms with E-state index in [-0.39, 0.29) is 0 Å². The highest BCUT2D eigenvalue weighted by molar-refractivity contribution is 4.85. The Morgan fingerprint density at radius 2 is 1.73 bits per heavy atom. The Morgan fingerprint density at radius 3 is 2.27 bits per heavy atom. The number of nitrogens with one attached hydrogen (secondary N) is 1. The molecular weight excluding hydrogens is 186 g/mol. The molecule has 0 heterocycles. The van der Waals surface area contributed by atoms with E-state index in [0.29, 0.717) is 6.04 Å². The predicted molar refractivity (Wildman–Crippen MR) is 65.0 cm³/mol. The summed E-state index contributed by atoms with van der Waals surface area (Å²) < 4.78 is 0. The summed E-state index contributed by atoms with van der Waals surface area (Å²) in [6, 6.07) is 0.524. The van der Waals surface area contributed by atoms with Gasteiger partial charge in [0.2, 0.25) is 0 Å². The molecule has 2 nitrogen and oxygen atoms in total. The number of hydrogen-bond donors (Lipinski definition) is 2. The highest BCUT2D eigenvalue weighted by atomic mass is 16.3. The van der Waals surface area contributed by atoms with E-state index in [1.807, 2.05) is 0 Å². The van der Waals surface area contributed by atoms with E-state index in [1.54, 1.807) is 0 Å². The van der Waals surface area contributed by atoms with Crippen molar-refractivity contribution in [3.05, 3.63) is 0 Å². The first-order valence-corrected chi connectivity index (χ1v) is 6.48. The van der Waals surface area contributed by atoms with Gasteiger partial charge in [0.15, 0.2) is 0 Å². The predicted octanol–water partition coefficient (Wildman–Crippen LogP) is 2.71. The maximum Gasteiger partial charge on any atom is 0.0771 e. The van der Waals surface area contributed by atoms with Crippen LogP contribution in [0.3, 0.4) is 0 Å². The van der Waals surface area contributed by atoms with Gasteiger partial charge in [0, 0.05) is 12.6 Å². The molecule has 1 aliphatic carbocycles. The lowest BCUT2D eigenvalue weighted by Crippen LogP contribution is -2.45. The van der Waals surface area contributed by atoms with Gasteiger partial charge in [0.1, 0.15) is 0 Å². The van der Waals surface area contributed by atoms with Crippen LogP contribution >= 0.6 is 0 Å². The first-order chi connectivity index (χ1) is 7.02. The first-order valence-electron chi connectivity index (χ1n) is 6.48. The molecule has 0 bridgehead atoms. The lowest BCUT2D eigenvalue weighted by atomic mass is 9.84. The van der Waals surface area contributed by atoms with Crippen LogP contribution in [-0.2, 0) is 0 Å². The molecule has 2 heteroatoms. The Labute approximate surface area is 94.5 Å². The first kappa shape index (κ1) is 13.0. The summed E-state index contributed by atoms with van der Waals surface area (Å²) in [7, 11) is 0. The molecule has 0 spiro atoms. The van der Waals surface area contributed by atoms with Gasteiger partial charge in [0.25, 0.3) is 0 Å². The third kappa shape index (κ3) is 4.98. The molecule has 2 N–H and O–H groups in total. The van der Waals surface area contributed by atoms with Crippen LogP contribution in [0.15, 0.2) is 0 Å². The van der Waals surface area contributed by atoms with Crippen molar-refractivity contribution in [3.8, 4) is 0 Å². The molecule has 1 fully saturated rings. The van der Waals surface area contributed by atoms with Crippen molar-refractivity contribution in [2.45, 2.75) is 70.9 Å². The monoisotopic (exact) mass is 213 g/mol. The zero-order valence-corrected chi connectivity index (χ0v) is 10.6. The van der Waals surface area contributed by atoms with Gasteiger partial charge in [-0.15, -0.1) is 0 Å². The largest absolute Gasteiger partial charge is 0.389 e. The molecule has 1 aliphatic rings. The summed E-state index contributed by atoms with van der Waals surface area (Å²) in [5.41, 5.74) is -0.413. The standard InChI is InChI=1S/C13H27NO/c1-11(2)9-12(3)14-10-13(15)7-5-4-6-8-13/h11-12,14-15H,4-10H2,1-3H3/t12-/m0/s1. The molecule has 0 saturated heterocycles. The molecule has 0 amide bonds. The van der Waals surface area contributed by atoms with Crippen LogP contribution in [0, 0.1) is 5.92 Å². The maximum absolute atomic E-state index is 10.3. The minimum atomic E-state index is -0.413. The van der Waals surface area contributed by atoms with Crippen LogP contribution < -0.4 is 5.32 Å². The van der Waals surface area contributed by atoms with Gasteiger partial charge in [-0.1, -0.05) is 33.1 Å². The molecule has 0 aromatic rings. The lowest BCUT2D eigenvalue weighted by molar-refractivity contribution is 0.00259. The summed E-state index contributed by atoms with van der Waals surface area (Å²) in [5, 5.41) is 13.8. The minimum absolute atomic E-state index is 0.413. The van der Waals surface area contributed by atoms with Gasteiger partial charge in [-0.2, -0.15) is 0 Å². The number of hydrogen-bond acceptors (Lipinski definition) is 2. The SMILES string of the molecule is CC(C)C[C@H](C)NCC1(O)CCCCC1. The van der Waals surface area contributed by atoms with Gasteiger partial charge < -0.3 is 10.4 Å². The Bertz CT molecular complexity index is 173. The molecule has 0 aromatic heterocycles. The van der Waals surface area contributed by atoms with E-state index in [9.17, 15) is 5.11 Å². The summed E-state index contributed by atoms with van der Waals surface area (Å²) >= 11 is 0. The van der Waals surface area contributed by atoms with Crippen molar-refractivity contribution in [2.24, 2.45) is 5.92 Å². The topological polar surface area (TPSA) is 32.3 Å². The van der Waals surface area contributed by atoms with Crippen molar-refractivity contribution in [3.63, 3.8) is 0 Å². The van der Waals surface area contributed by atoms with Gasteiger partial charge in [0.05, 0.1) is 5.60 Å². The lowest BCUT2D eigenvalue weighted by Gasteiger charge is -2.33. The second-order valence-electron chi connectivity index (χ2n) is 5.70. The Balaban J connectivity index is 2.22. The highest BCUT2D eigenvalue weighted by Gasteiger charge is 2.28. The van der Waals surface area contributed by atoms with Crippen LogP contribution in [0.4, 0.5) is 0 Å². The molecule has 1 rings (SSSR count). The van der Waals surface area contributed by atoms with Crippen molar-refractivity contribution >= 4 is 0 Å². The maximum atomic E-state index is 10.3. The smallest absolute Gasteiger partial charge is 0.0771 e. The minimum Gasteiger partial charge on any atom is -0.389 e. The molecular formula is C13H27NO. The van der Waals surface area contributed by atoms with Crippen LogP contribution in [0.2, 0.25) is 0 Å². The summed E-state index contributed by atoms with van der Waals surface area (Å²) in [5.74, 6) is 0.730. The van der Waals surface area contributed by atoms with Crippen molar-refractivity contribution in [1.29, 1.82) is 0 Å². The number of aliphatic hydroxyl groups is 1. The van der Waals surface area contributed by atoms with Crippen molar-refractivity contribution < 1.29 is 5.11 Å². The second-order valence-corrected chi connectivity index (χ2v) is 5.70. The fraction of sp³-hybridized carbons (Fsp3) is 1.00. The summed E-state index contributed by atoms with van der Waals surface area (Å²) in [4.78, 5) is 0. The van der Waals surface area contributed by atoms with Gasteiger partial charge in [-0.25, -0.2) is 0 Å². The fourth-order valence-corrected chi connectivity index (χ4v) is 2.54. The summed E-state index contributed by atoms with van der Waals surface area (Å²) in [6.45, 7) is 7.48. The van der Waals surface area contributed by atoms with E-state index in [1.165, 1.54) is 25.7 Å². The molecule has 15 heavy (non-hydrogen) atoms. The Morgan fingerprint density at radius 1 is 1.13 bits per heavy atom.